The highest BCUT2D eigenvalue weighted by Crippen LogP contribution is 2.58. The van der Waals surface area contributed by atoms with E-state index in [-0.39, 0.29) is 29.6 Å². The van der Waals surface area contributed by atoms with E-state index in [9.17, 15) is 14.8 Å². The van der Waals surface area contributed by atoms with Crippen molar-refractivity contribution < 1.29 is 14.3 Å². The maximum absolute atomic E-state index is 13.1. The van der Waals surface area contributed by atoms with Crippen molar-refractivity contribution in [3.8, 4) is 16.9 Å². The second-order valence-electron chi connectivity index (χ2n) is 11.1. The summed E-state index contributed by atoms with van der Waals surface area (Å²) in [6, 6.07) is 19.5. The highest BCUT2D eigenvalue weighted by Gasteiger charge is 2.50. The van der Waals surface area contributed by atoms with Gasteiger partial charge in [0.05, 0.1) is 27.0 Å². The molecule has 2 amide bonds. The van der Waals surface area contributed by atoms with Crippen LogP contribution >= 0.6 is 23.2 Å². The molecule has 10 heteroatoms. The van der Waals surface area contributed by atoms with Crippen molar-refractivity contribution >= 4 is 35.0 Å². The Morgan fingerprint density at radius 3 is 2.54 bits per heavy atom. The number of carbonyl (C=O) groups excluding carboxylic acids is 2. The predicted molar refractivity (Wildman–Crippen MR) is 158 cm³/mol. The van der Waals surface area contributed by atoms with Gasteiger partial charge in [-0.1, -0.05) is 67.4 Å². The third-order valence-corrected chi connectivity index (χ3v) is 8.92. The van der Waals surface area contributed by atoms with Crippen LogP contribution in [0.15, 0.2) is 79.1 Å². The molecule has 0 spiro atoms. The van der Waals surface area contributed by atoms with Crippen LogP contribution < -0.4 is 15.8 Å². The number of carbonyl (C=O) groups is 2. The number of rotatable bonds is 9. The monoisotopic (exact) mass is 591 g/mol. The van der Waals surface area contributed by atoms with Crippen LogP contribution in [0.1, 0.15) is 43.9 Å². The molecular weight excluding hydrogens is 561 g/mol. The molecule has 3 N–H and O–H groups in total. The summed E-state index contributed by atoms with van der Waals surface area (Å²) < 4.78 is 2.58. The minimum atomic E-state index is -0.780. The summed E-state index contributed by atoms with van der Waals surface area (Å²) in [5, 5.41) is 20.5. The fourth-order valence-corrected chi connectivity index (χ4v) is 5.92. The number of nitrogens with two attached hydrogens (primary N) is 1. The van der Waals surface area contributed by atoms with Gasteiger partial charge in [0.1, 0.15) is 6.04 Å². The highest BCUT2D eigenvalue weighted by molar-refractivity contribution is 6.42. The first-order valence-electron chi connectivity index (χ1n) is 13.4. The molecule has 0 saturated heterocycles. The first-order chi connectivity index (χ1) is 19.5. The molecule has 4 aromatic rings. The van der Waals surface area contributed by atoms with E-state index in [1.807, 2.05) is 53.2 Å². The first-order valence-corrected chi connectivity index (χ1v) is 14.2. The van der Waals surface area contributed by atoms with E-state index in [0.717, 1.165) is 28.1 Å². The normalized spacial score (nSPS) is 18.3. The van der Waals surface area contributed by atoms with Crippen LogP contribution in [-0.2, 0) is 16.0 Å². The summed E-state index contributed by atoms with van der Waals surface area (Å²) >= 11 is 12.5. The number of primary amides is 1. The number of amides is 2. The number of halogens is 2. The summed E-state index contributed by atoms with van der Waals surface area (Å²) in [5.74, 6) is -0.634. The minimum absolute atomic E-state index is 0.0651. The lowest BCUT2D eigenvalue weighted by Crippen LogP contribution is -2.49. The molecule has 212 valence electrons. The van der Waals surface area contributed by atoms with E-state index in [2.05, 4.69) is 19.2 Å². The molecular formula is C31H31Cl2N5O3. The molecule has 0 bridgehead atoms. The Morgan fingerprint density at radius 1 is 1.12 bits per heavy atom. The molecule has 1 saturated carbocycles. The van der Waals surface area contributed by atoms with Crippen LogP contribution in [0.4, 0.5) is 0 Å². The third-order valence-electron chi connectivity index (χ3n) is 8.18. The Bertz CT molecular complexity index is 1590. The van der Waals surface area contributed by atoms with Crippen LogP contribution in [0.2, 0.25) is 10.0 Å². The van der Waals surface area contributed by atoms with Crippen molar-refractivity contribution in [2.75, 3.05) is 0 Å². The van der Waals surface area contributed by atoms with E-state index >= 15 is 0 Å². The lowest BCUT2D eigenvalue weighted by Gasteiger charge is -2.52. The van der Waals surface area contributed by atoms with Crippen LogP contribution in [-0.4, -0.2) is 27.6 Å². The van der Waals surface area contributed by atoms with E-state index in [0.29, 0.717) is 27.7 Å². The van der Waals surface area contributed by atoms with E-state index < -0.39 is 11.9 Å². The Balaban J connectivity index is 1.37. The van der Waals surface area contributed by atoms with Gasteiger partial charge in [0.15, 0.2) is 12.4 Å². The van der Waals surface area contributed by atoms with Gasteiger partial charge >= 0.3 is 0 Å². The van der Waals surface area contributed by atoms with Crippen LogP contribution in [0, 0.1) is 16.5 Å². The molecule has 2 aromatic carbocycles. The number of hydrogen-bond donors (Lipinski definition) is 2. The van der Waals surface area contributed by atoms with Gasteiger partial charge in [-0.25, -0.2) is 4.68 Å². The van der Waals surface area contributed by atoms with Crippen molar-refractivity contribution in [3.05, 3.63) is 106 Å². The van der Waals surface area contributed by atoms with Crippen molar-refractivity contribution in [3.63, 3.8) is 0 Å². The number of hydrogen-bond acceptors (Lipinski definition) is 4. The van der Waals surface area contributed by atoms with Crippen LogP contribution in [0.3, 0.4) is 0 Å². The Labute approximate surface area is 248 Å². The largest absolute Gasteiger partial charge is 0.619 e. The summed E-state index contributed by atoms with van der Waals surface area (Å²) in [7, 11) is 0. The molecule has 5 rings (SSSR count). The number of pyridine rings is 1. The van der Waals surface area contributed by atoms with Gasteiger partial charge in [-0.2, -0.15) is 9.83 Å². The van der Waals surface area contributed by atoms with Crippen LogP contribution in [0.5, 0.6) is 0 Å². The molecule has 2 aromatic heterocycles. The number of benzene rings is 2. The zero-order valence-corrected chi connectivity index (χ0v) is 24.3. The Morgan fingerprint density at radius 2 is 1.88 bits per heavy atom. The minimum Gasteiger partial charge on any atom is -0.619 e. The number of nitrogens with one attached hydrogen (secondary N) is 1. The average Bonchev–Trinajstić information content (AvgIpc) is 3.37. The molecule has 1 fully saturated rings. The van der Waals surface area contributed by atoms with E-state index in [1.54, 1.807) is 18.2 Å². The zero-order valence-electron chi connectivity index (χ0n) is 22.8. The smallest absolute Gasteiger partial charge is 0.240 e. The predicted octanol–water partition coefficient (Wildman–Crippen LogP) is 5.21. The maximum Gasteiger partial charge on any atom is 0.240 e. The zero-order chi connectivity index (χ0) is 29.3. The van der Waals surface area contributed by atoms with E-state index in [1.165, 1.54) is 12.4 Å². The van der Waals surface area contributed by atoms with Gasteiger partial charge in [0, 0.05) is 30.5 Å². The SMILES string of the molecule is CC1(C)[C@@H](CC(=O)N[C@@H](Cc2ccccc2)C(N)=O)C[C@@H]1c1cc(-c2ccc[n+]([O-])c2)nn1-c1ccc(Cl)c(Cl)c1. The van der Waals surface area contributed by atoms with Gasteiger partial charge in [0.2, 0.25) is 11.8 Å². The Hall–Kier alpha value is -3.88. The molecule has 0 radical (unpaired) electrons. The molecule has 41 heavy (non-hydrogen) atoms. The lowest BCUT2D eigenvalue weighted by atomic mass is 9.52. The molecule has 0 unspecified atom stereocenters. The van der Waals surface area contributed by atoms with Crippen molar-refractivity contribution in [1.82, 2.24) is 15.1 Å². The standard InChI is InChI=1S/C31H31Cl2N5O3/c1-31(2)21(15-29(39)35-27(30(34)40)13-19-7-4-3-5-8-19)14-23(31)28-17-26(20-9-6-12-37(41)18-20)36-38(28)22-10-11-24(32)25(33)16-22/h3-12,16-18,21,23,27H,13-15H2,1-2H3,(H2,34,40)(H,35,39)/t21-,23-,27+/m1/s1. The first kappa shape index (κ1) is 28.6. The van der Waals surface area contributed by atoms with Crippen molar-refractivity contribution in [1.29, 1.82) is 0 Å². The molecule has 1 aliphatic rings. The van der Waals surface area contributed by atoms with Crippen LogP contribution in [0.25, 0.3) is 16.9 Å². The summed E-state index contributed by atoms with van der Waals surface area (Å²) in [6.07, 6.45) is 4.25. The van der Waals surface area contributed by atoms with Gasteiger partial charge < -0.3 is 16.3 Å². The second kappa shape index (κ2) is 11.5. The molecule has 1 aliphatic carbocycles. The summed E-state index contributed by atoms with van der Waals surface area (Å²) in [5.41, 5.74) is 9.30. The van der Waals surface area contributed by atoms with E-state index in [4.69, 9.17) is 34.0 Å². The molecule has 8 nitrogen and oxygen atoms in total. The van der Waals surface area contributed by atoms with Gasteiger partial charge in [-0.15, -0.1) is 0 Å². The average molecular weight is 593 g/mol. The second-order valence-corrected chi connectivity index (χ2v) is 12.0. The lowest BCUT2D eigenvalue weighted by molar-refractivity contribution is -0.604. The van der Waals surface area contributed by atoms with Gasteiger partial charge in [-0.05, 0) is 53.6 Å². The quantitative estimate of drug-likeness (QED) is 0.205. The molecule has 3 atom stereocenters. The number of aromatic nitrogens is 3. The Kier molecular flexibility index (Phi) is 8.07. The molecule has 0 aliphatic heterocycles. The van der Waals surface area contributed by atoms with Crippen molar-refractivity contribution in [2.45, 2.75) is 45.1 Å². The van der Waals surface area contributed by atoms with Gasteiger partial charge in [-0.3, -0.25) is 9.59 Å². The highest BCUT2D eigenvalue weighted by atomic mass is 35.5. The topological polar surface area (TPSA) is 117 Å². The fraction of sp³-hybridized carbons (Fsp3) is 0.290. The molecule has 2 heterocycles. The van der Waals surface area contributed by atoms with Crippen molar-refractivity contribution in [2.24, 2.45) is 17.1 Å². The van der Waals surface area contributed by atoms with Gasteiger partial charge in [0.25, 0.3) is 0 Å². The summed E-state index contributed by atoms with van der Waals surface area (Å²) in [6.45, 7) is 4.27. The summed E-state index contributed by atoms with van der Waals surface area (Å²) in [4.78, 5) is 25.2. The maximum atomic E-state index is 13.1. The number of nitrogens with zero attached hydrogens (tertiary/aromatic N) is 3. The third kappa shape index (κ3) is 6.09. The fourth-order valence-electron chi connectivity index (χ4n) is 5.63.